The second kappa shape index (κ2) is 4.03. The number of rotatable bonds is 3. The van der Waals surface area contributed by atoms with Crippen LogP contribution < -0.4 is 10.6 Å². The fourth-order valence-electron chi connectivity index (χ4n) is 1.78. The van der Waals surface area contributed by atoms with Gasteiger partial charge in [-0.1, -0.05) is 17.7 Å². The molecule has 1 unspecified atom stereocenters. The zero-order valence-electron chi connectivity index (χ0n) is 9.20. The van der Waals surface area contributed by atoms with Gasteiger partial charge in [-0.05, 0) is 37.5 Å². The van der Waals surface area contributed by atoms with Crippen molar-refractivity contribution in [2.75, 3.05) is 11.9 Å². The second-order valence-electron chi connectivity index (χ2n) is 4.34. The summed E-state index contributed by atoms with van der Waals surface area (Å²) in [5.41, 5.74) is 8.02. The summed E-state index contributed by atoms with van der Waals surface area (Å²) in [4.78, 5) is 2.29. The summed E-state index contributed by atoms with van der Waals surface area (Å²) in [5, 5.41) is 0.773. The number of benzene rings is 1. The Morgan fingerprint density at radius 3 is 2.60 bits per heavy atom. The molecule has 2 N–H and O–H groups in total. The third-order valence-electron chi connectivity index (χ3n) is 2.98. The highest BCUT2D eigenvalue weighted by Crippen LogP contribution is 2.33. The minimum Gasteiger partial charge on any atom is -0.372 e. The van der Waals surface area contributed by atoms with E-state index in [9.17, 15) is 0 Å². The van der Waals surface area contributed by atoms with Gasteiger partial charge in [0.1, 0.15) is 0 Å². The van der Waals surface area contributed by atoms with Crippen LogP contribution in [0.4, 0.5) is 5.69 Å². The lowest BCUT2D eigenvalue weighted by Crippen LogP contribution is -2.19. The molecule has 0 aliphatic heterocycles. The summed E-state index contributed by atoms with van der Waals surface area (Å²) >= 11 is 6.19. The standard InChI is InChI=1S/C12H17ClN2/c1-8(14)11-6-5-10(7-12(11)13)15(2)9-3-4-9/h5-9H,3-4,14H2,1-2H3. The summed E-state index contributed by atoms with van der Waals surface area (Å²) < 4.78 is 0. The van der Waals surface area contributed by atoms with Crippen LogP contribution in [0.5, 0.6) is 0 Å². The predicted octanol–water partition coefficient (Wildman–Crippen LogP) is 2.96. The summed E-state index contributed by atoms with van der Waals surface area (Å²) in [5.74, 6) is 0. The first-order valence-corrected chi connectivity index (χ1v) is 5.75. The maximum Gasteiger partial charge on any atom is 0.0474 e. The van der Waals surface area contributed by atoms with Gasteiger partial charge in [-0.3, -0.25) is 0 Å². The maximum atomic E-state index is 6.19. The second-order valence-corrected chi connectivity index (χ2v) is 4.74. The van der Waals surface area contributed by atoms with E-state index in [-0.39, 0.29) is 6.04 Å². The van der Waals surface area contributed by atoms with E-state index in [1.807, 2.05) is 19.1 Å². The summed E-state index contributed by atoms with van der Waals surface area (Å²) in [6.07, 6.45) is 2.59. The van der Waals surface area contributed by atoms with E-state index in [0.717, 1.165) is 10.6 Å². The maximum absolute atomic E-state index is 6.19. The van der Waals surface area contributed by atoms with E-state index in [1.54, 1.807) is 0 Å². The van der Waals surface area contributed by atoms with Crippen molar-refractivity contribution in [1.82, 2.24) is 0 Å². The van der Waals surface area contributed by atoms with E-state index in [1.165, 1.54) is 18.5 Å². The highest BCUT2D eigenvalue weighted by Gasteiger charge is 2.26. The number of nitrogens with zero attached hydrogens (tertiary/aromatic N) is 1. The minimum atomic E-state index is -0.00205. The molecule has 3 heteroatoms. The molecule has 82 valence electrons. The van der Waals surface area contributed by atoms with Crippen LogP contribution in [0.3, 0.4) is 0 Å². The molecule has 0 spiro atoms. The highest BCUT2D eigenvalue weighted by molar-refractivity contribution is 6.31. The Hall–Kier alpha value is -0.730. The van der Waals surface area contributed by atoms with Gasteiger partial charge in [-0.2, -0.15) is 0 Å². The SMILES string of the molecule is CC(N)c1ccc(N(C)C2CC2)cc1Cl. The quantitative estimate of drug-likeness (QED) is 0.856. The molecule has 0 aromatic heterocycles. The zero-order valence-corrected chi connectivity index (χ0v) is 9.96. The molecule has 2 rings (SSSR count). The Labute approximate surface area is 96.0 Å². The third kappa shape index (κ3) is 2.27. The van der Waals surface area contributed by atoms with Gasteiger partial charge >= 0.3 is 0 Å². The monoisotopic (exact) mass is 224 g/mol. The Morgan fingerprint density at radius 1 is 1.47 bits per heavy atom. The predicted molar refractivity (Wildman–Crippen MR) is 65.5 cm³/mol. The van der Waals surface area contributed by atoms with Crippen molar-refractivity contribution in [3.8, 4) is 0 Å². The smallest absolute Gasteiger partial charge is 0.0474 e. The molecule has 0 radical (unpaired) electrons. The van der Waals surface area contributed by atoms with E-state index in [0.29, 0.717) is 6.04 Å². The molecule has 1 aromatic carbocycles. The van der Waals surface area contributed by atoms with Crippen molar-refractivity contribution < 1.29 is 0 Å². The topological polar surface area (TPSA) is 29.3 Å². The largest absolute Gasteiger partial charge is 0.372 e. The van der Waals surface area contributed by atoms with Crippen LogP contribution in [0.25, 0.3) is 0 Å². The van der Waals surface area contributed by atoms with Gasteiger partial charge in [-0.25, -0.2) is 0 Å². The Balaban J connectivity index is 2.24. The molecule has 1 aliphatic carbocycles. The lowest BCUT2D eigenvalue weighted by atomic mass is 10.1. The average Bonchev–Trinajstić information content (AvgIpc) is 2.99. The van der Waals surface area contributed by atoms with Crippen molar-refractivity contribution in [3.63, 3.8) is 0 Å². The minimum absolute atomic E-state index is 0.00205. The van der Waals surface area contributed by atoms with E-state index in [4.69, 9.17) is 17.3 Å². The molecule has 0 heterocycles. The fourth-order valence-corrected chi connectivity index (χ4v) is 2.12. The molecule has 2 nitrogen and oxygen atoms in total. The molecule has 0 bridgehead atoms. The third-order valence-corrected chi connectivity index (χ3v) is 3.30. The first-order chi connectivity index (χ1) is 7.09. The van der Waals surface area contributed by atoms with Gasteiger partial charge < -0.3 is 10.6 Å². The van der Waals surface area contributed by atoms with Gasteiger partial charge in [0.2, 0.25) is 0 Å². The fraction of sp³-hybridized carbons (Fsp3) is 0.500. The molecule has 1 aromatic rings. The Kier molecular flexibility index (Phi) is 2.89. The summed E-state index contributed by atoms with van der Waals surface area (Å²) in [6.45, 7) is 1.95. The zero-order chi connectivity index (χ0) is 11.0. The Morgan fingerprint density at radius 2 is 2.13 bits per heavy atom. The lowest BCUT2D eigenvalue weighted by Gasteiger charge is -2.20. The number of hydrogen-bond acceptors (Lipinski definition) is 2. The molecule has 0 amide bonds. The van der Waals surface area contributed by atoms with Crippen LogP contribution in [0.2, 0.25) is 5.02 Å². The average molecular weight is 225 g/mol. The van der Waals surface area contributed by atoms with E-state index >= 15 is 0 Å². The summed E-state index contributed by atoms with van der Waals surface area (Å²) in [7, 11) is 2.12. The Bertz CT molecular complexity index is 359. The van der Waals surface area contributed by atoms with Gasteiger partial charge in [0, 0.05) is 29.8 Å². The van der Waals surface area contributed by atoms with Crippen LogP contribution in [-0.2, 0) is 0 Å². The molecule has 1 atom stereocenters. The van der Waals surface area contributed by atoms with Gasteiger partial charge in [0.25, 0.3) is 0 Å². The number of halogens is 1. The molecule has 15 heavy (non-hydrogen) atoms. The van der Waals surface area contributed by atoms with Gasteiger partial charge in [-0.15, -0.1) is 0 Å². The molecule has 1 aliphatic rings. The lowest BCUT2D eigenvalue weighted by molar-refractivity contribution is 0.817. The van der Waals surface area contributed by atoms with Crippen LogP contribution in [0, 0.1) is 0 Å². The molecule has 0 saturated heterocycles. The molecular weight excluding hydrogens is 208 g/mol. The number of nitrogens with two attached hydrogens (primary N) is 1. The van der Waals surface area contributed by atoms with Gasteiger partial charge in [0.05, 0.1) is 0 Å². The highest BCUT2D eigenvalue weighted by atomic mass is 35.5. The van der Waals surface area contributed by atoms with Crippen LogP contribution >= 0.6 is 11.6 Å². The first kappa shape index (κ1) is 10.8. The van der Waals surface area contributed by atoms with E-state index < -0.39 is 0 Å². The first-order valence-electron chi connectivity index (χ1n) is 5.37. The van der Waals surface area contributed by atoms with Crippen LogP contribution in [-0.4, -0.2) is 13.1 Å². The van der Waals surface area contributed by atoms with E-state index in [2.05, 4.69) is 18.0 Å². The van der Waals surface area contributed by atoms with Crippen molar-refractivity contribution in [1.29, 1.82) is 0 Å². The van der Waals surface area contributed by atoms with Crippen molar-refractivity contribution in [3.05, 3.63) is 28.8 Å². The molecule has 1 saturated carbocycles. The molecular formula is C12H17ClN2. The number of hydrogen-bond donors (Lipinski definition) is 1. The van der Waals surface area contributed by atoms with Crippen molar-refractivity contribution in [2.24, 2.45) is 5.73 Å². The van der Waals surface area contributed by atoms with Crippen molar-refractivity contribution in [2.45, 2.75) is 31.8 Å². The van der Waals surface area contributed by atoms with Crippen LogP contribution in [0.1, 0.15) is 31.4 Å². The van der Waals surface area contributed by atoms with Crippen molar-refractivity contribution >= 4 is 17.3 Å². The number of anilines is 1. The van der Waals surface area contributed by atoms with Crippen LogP contribution in [0.15, 0.2) is 18.2 Å². The normalized spacial score (nSPS) is 17.6. The van der Waals surface area contributed by atoms with Gasteiger partial charge in [0.15, 0.2) is 0 Å². The summed E-state index contributed by atoms with van der Waals surface area (Å²) in [6, 6.07) is 6.85. The molecule has 1 fully saturated rings.